The molecule has 0 radical (unpaired) electrons. The van der Waals surface area contributed by atoms with E-state index in [1.807, 2.05) is 7.05 Å². The van der Waals surface area contributed by atoms with Crippen LogP contribution in [0.1, 0.15) is 47.0 Å². The highest BCUT2D eigenvalue weighted by Gasteiger charge is 2.03. The average Bonchev–Trinajstić information content (AvgIpc) is 2.13. The minimum Gasteiger partial charge on any atom is -0.293 e. The van der Waals surface area contributed by atoms with Gasteiger partial charge in [0.15, 0.2) is 0 Å². The van der Waals surface area contributed by atoms with Crippen LogP contribution in [0.25, 0.3) is 0 Å². The van der Waals surface area contributed by atoms with Crippen molar-refractivity contribution in [2.45, 2.75) is 47.0 Å². The largest absolute Gasteiger partial charge is 0.293 e. The van der Waals surface area contributed by atoms with Crippen LogP contribution in [-0.2, 0) is 0 Å². The first-order valence-electron chi connectivity index (χ1n) is 5.23. The standard InChI is InChI=1S/C12H23N/c1-6-7-8-10(2)11(3)9-12(4)13-5/h9-10H,6-8H2,1-5H3/b11-9+,13-12?. The van der Waals surface area contributed by atoms with Crippen molar-refractivity contribution >= 4 is 5.71 Å². The summed E-state index contributed by atoms with van der Waals surface area (Å²) in [7, 11) is 1.84. The lowest BCUT2D eigenvalue weighted by Crippen LogP contribution is -1.98. The normalized spacial score (nSPS) is 16.1. The van der Waals surface area contributed by atoms with Crippen molar-refractivity contribution in [3.63, 3.8) is 0 Å². The summed E-state index contributed by atoms with van der Waals surface area (Å²) < 4.78 is 0. The predicted octanol–water partition coefficient (Wildman–Crippen LogP) is 3.85. The first-order valence-corrected chi connectivity index (χ1v) is 5.23. The van der Waals surface area contributed by atoms with Crippen LogP contribution in [0.5, 0.6) is 0 Å². The number of nitrogens with zero attached hydrogens (tertiary/aromatic N) is 1. The van der Waals surface area contributed by atoms with Gasteiger partial charge in [0.05, 0.1) is 0 Å². The number of hydrogen-bond acceptors (Lipinski definition) is 1. The van der Waals surface area contributed by atoms with E-state index in [0.29, 0.717) is 5.92 Å². The SMILES string of the molecule is CCCCC(C)/C(C)=C/C(C)=NC. The molecule has 0 N–H and O–H groups in total. The van der Waals surface area contributed by atoms with Gasteiger partial charge in [-0.2, -0.15) is 0 Å². The van der Waals surface area contributed by atoms with Gasteiger partial charge in [0, 0.05) is 12.8 Å². The third kappa shape index (κ3) is 5.62. The fourth-order valence-electron chi connectivity index (χ4n) is 1.27. The second-order valence-corrected chi connectivity index (χ2v) is 3.80. The van der Waals surface area contributed by atoms with Crippen molar-refractivity contribution in [2.75, 3.05) is 7.05 Å². The van der Waals surface area contributed by atoms with Gasteiger partial charge in [0.25, 0.3) is 0 Å². The lowest BCUT2D eigenvalue weighted by Gasteiger charge is -2.11. The van der Waals surface area contributed by atoms with Gasteiger partial charge >= 0.3 is 0 Å². The summed E-state index contributed by atoms with van der Waals surface area (Å²) in [6.07, 6.45) is 6.11. The van der Waals surface area contributed by atoms with Gasteiger partial charge < -0.3 is 0 Å². The average molecular weight is 181 g/mol. The van der Waals surface area contributed by atoms with Crippen LogP contribution >= 0.6 is 0 Å². The molecule has 1 unspecified atom stereocenters. The van der Waals surface area contributed by atoms with E-state index in [4.69, 9.17) is 0 Å². The van der Waals surface area contributed by atoms with E-state index in [0.717, 1.165) is 5.71 Å². The zero-order valence-corrected chi connectivity index (χ0v) is 9.72. The monoisotopic (exact) mass is 181 g/mol. The molecule has 0 saturated heterocycles. The maximum Gasteiger partial charge on any atom is 0.0313 e. The number of aliphatic imine (C=N–C) groups is 1. The molecule has 0 fully saturated rings. The second kappa shape index (κ2) is 6.88. The van der Waals surface area contributed by atoms with E-state index >= 15 is 0 Å². The molecule has 0 spiro atoms. The van der Waals surface area contributed by atoms with E-state index in [1.54, 1.807) is 0 Å². The Bertz CT molecular complexity index is 189. The minimum absolute atomic E-state index is 0.705. The number of rotatable bonds is 5. The molecule has 0 aliphatic carbocycles. The molecule has 0 bridgehead atoms. The van der Waals surface area contributed by atoms with Gasteiger partial charge in [-0.05, 0) is 32.3 Å². The van der Waals surface area contributed by atoms with Gasteiger partial charge in [-0.25, -0.2) is 0 Å². The maximum atomic E-state index is 4.13. The smallest absolute Gasteiger partial charge is 0.0313 e. The number of hydrogen-bond donors (Lipinski definition) is 0. The van der Waals surface area contributed by atoms with Crippen molar-refractivity contribution in [1.29, 1.82) is 0 Å². The lowest BCUT2D eigenvalue weighted by molar-refractivity contribution is 0.572. The van der Waals surface area contributed by atoms with Crippen molar-refractivity contribution in [1.82, 2.24) is 0 Å². The summed E-state index contributed by atoms with van der Waals surface area (Å²) in [5.74, 6) is 0.705. The quantitative estimate of drug-likeness (QED) is 0.571. The van der Waals surface area contributed by atoms with Gasteiger partial charge in [-0.15, -0.1) is 0 Å². The van der Waals surface area contributed by atoms with E-state index in [9.17, 15) is 0 Å². The fraction of sp³-hybridized carbons (Fsp3) is 0.750. The van der Waals surface area contributed by atoms with Crippen LogP contribution in [0.3, 0.4) is 0 Å². The van der Waals surface area contributed by atoms with Gasteiger partial charge in [0.1, 0.15) is 0 Å². The molecule has 0 aromatic carbocycles. The summed E-state index contributed by atoms with van der Waals surface area (Å²) in [5.41, 5.74) is 2.58. The Balaban J connectivity index is 4.08. The van der Waals surface area contributed by atoms with Crippen molar-refractivity contribution in [3.05, 3.63) is 11.6 Å². The van der Waals surface area contributed by atoms with Crippen molar-refractivity contribution in [3.8, 4) is 0 Å². The molecule has 0 aliphatic rings. The first kappa shape index (κ1) is 12.4. The highest BCUT2D eigenvalue weighted by molar-refractivity contribution is 5.93. The molecule has 13 heavy (non-hydrogen) atoms. The van der Waals surface area contributed by atoms with Crippen molar-refractivity contribution < 1.29 is 0 Å². The summed E-state index contributed by atoms with van der Waals surface area (Å²) in [5, 5.41) is 0. The molecule has 0 aromatic heterocycles. The molecule has 0 rings (SSSR count). The highest BCUT2D eigenvalue weighted by Crippen LogP contribution is 2.16. The number of unbranched alkanes of at least 4 members (excludes halogenated alkanes) is 1. The third-order valence-corrected chi connectivity index (χ3v) is 2.56. The third-order valence-electron chi connectivity index (χ3n) is 2.56. The van der Waals surface area contributed by atoms with Crippen LogP contribution in [0, 0.1) is 5.92 Å². The summed E-state index contributed by atoms with van der Waals surface area (Å²) in [6.45, 7) is 8.79. The Morgan fingerprint density at radius 1 is 1.38 bits per heavy atom. The van der Waals surface area contributed by atoms with Crippen LogP contribution in [0.4, 0.5) is 0 Å². The van der Waals surface area contributed by atoms with E-state index in [-0.39, 0.29) is 0 Å². The fourth-order valence-corrected chi connectivity index (χ4v) is 1.27. The Kier molecular flexibility index (Phi) is 6.56. The molecule has 1 atom stereocenters. The molecule has 1 nitrogen and oxygen atoms in total. The zero-order chi connectivity index (χ0) is 10.3. The molecule has 0 amide bonds. The lowest BCUT2D eigenvalue weighted by atomic mass is 9.96. The van der Waals surface area contributed by atoms with Crippen LogP contribution in [0.2, 0.25) is 0 Å². The molecule has 76 valence electrons. The minimum atomic E-state index is 0.705. The van der Waals surface area contributed by atoms with E-state index in [1.165, 1.54) is 24.8 Å². The zero-order valence-electron chi connectivity index (χ0n) is 9.72. The highest BCUT2D eigenvalue weighted by atomic mass is 14.7. The Morgan fingerprint density at radius 2 is 2.00 bits per heavy atom. The number of allylic oxidation sites excluding steroid dienone is 2. The maximum absolute atomic E-state index is 4.13. The Labute approximate surface area is 83.0 Å². The van der Waals surface area contributed by atoms with E-state index < -0.39 is 0 Å². The molecular weight excluding hydrogens is 158 g/mol. The Hall–Kier alpha value is -0.590. The van der Waals surface area contributed by atoms with Crippen LogP contribution < -0.4 is 0 Å². The van der Waals surface area contributed by atoms with Crippen LogP contribution in [-0.4, -0.2) is 12.8 Å². The van der Waals surface area contributed by atoms with Gasteiger partial charge in [-0.3, -0.25) is 4.99 Å². The molecule has 0 heterocycles. The van der Waals surface area contributed by atoms with E-state index in [2.05, 4.69) is 38.8 Å². The van der Waals surface area contributed by atoms with Gasteiger partial charge in [-0.1, -0.05) is 32.3 Å². The molecule has 0 aromatic rings. The Morgan fingerprint density at radius 3 is 2.46 bits per heavy atom. The topological polar surface area (TPSA) is 12.4 Å². The predicted molar refractivity (Wildman–Crippen MR) is 61.5 cm³/mol. The molecular formula is C12H23N. The molecule has 0 saturated carbocycles. The van der Waals surface area contributed by atoms with Crippen LogP contribution in [0.15, 0.2) is 16.6 Å². The molecule has 0 aliphatic heterocycles. The van der Waals surface area contributed by atoms with Gasteiger partial charge in [0.2, 0.25) is 0 Å². The summed E-state index contributed by atoms with van der Waals surface area (Å²) in [4.78, 5) is 4.13. The summed E-state index contributed by atoms with van der Waals surface area (Å²) >= 11 is 0. The second-order valence-electron chi connectivity index (χ2n) is 3.80. The van der Waals surface area contributed by atoms with Crippen molar-refractivity contribution in [2.24, 2.45) is 10.9 Å². The first-order chi connectivity index (χ1) is 6.11. The molecule has 1 heteroatoms. The summed E-state index contributed by atoms with van der Waals surface area (Å²) in [6, 6.07) is 0.